The number of carbonyl (C=O) groups is 1. The van der Waals surface area contributed by atoms with Crippen LogP contribution in [-0.4, -0.2) is 37.3 Å². The second kappa shape index (κ2) is 6.68. The Bertz CT molecular complexity index is 687. The number of aryl methyl sites for hydroxylation is 1. The minimum atomic E-state index is -0.354. The zero-order valence-corrected chi connectivity index (χ0v) is 14.3. The van der Waals surface area contributed by atoms with Crippen molar-refractivity contribution in [1.82, 2.24) is 4.98 Å². The van der Waals surface area contributed by atoms with Crippen LogP contribution in [0.25, 0.3) is 0 Å². The van der Waals surface area contributed by atoms with E-state index in [-0.39, 0.29) is 18.2 Å². The number of carbonyl (C=O) groups excluding carboxylic acids is 1. The van der Waals surface area contributed by atoms with Crippen molar-refractivity contribution in [3.63, 3.8) is 0 Å². The van der Waals surface area contributed by atoms with Crippen LogP contribution in [0.4, 0.5) is 5.82 Å². The Balaban J connectivity index is 1.83. The highest BCUT2D eigenvalue weighted by molar-refractivity contribution is 7.07. The Morgan fingerprint density at radius 2 is 2.22 bits per heavy atom. The molecule has 0 aromatic carbocycles. The van der Waals surface area contributed by atoms with Crippen LogP contribution >= 0.6 is 11.3 Å². The highest BCUT2D eigenvalue weighted by Gasteiger charge is 2.28. The van der Waals surface area contributed by atoms with Gasteiger partial charge in [-0.05, 0) is 48.4 Å². The molecule has 3 rings (SSSR count). The number of nitrogens with zero attached hydrogens (tertiary/aromatic N) is 2. The molecule has 0 aliphatic carbocycles. The monoisotopic (exact) mass is 332 g/mol. The van der Waals surface area contributed by atoms with Gasteiger partial charge in [-0.2, -0.15) is 11.3 Å². The third-order valence-electron chi connectivity index (χ3n) is 3.98. The standard InChI is InChI=1S/C17H20N2O3S/c1-11-8-19(9-15(22-11)13-6-7-23-10-13)16-5-4-14(12(2)18-16)17(20)21-3/h4-7,10-11,15H,8-9H2,1-3H3. The first-order valence-electron chi connectivity index (χ1n) is 7.57. The molecule has 1 fully saturated rings. The van der Waals surface area contributed by atoms with E-state index in [0.29, 0.717) is 11.3 Å². The van der Waals surface area contributed by atoms with E-state index in [1.807, 2.05) is 13.0 Å². The van der Waals surface area contributed by atoms with E-state index in [1.165, 1.54) is 12.7 Å². The van der Waals surface area contributed by atoms with Gasteiger partial charge in [0.15, 0.2) is 0 Å². The maximum Gasteiger partial charge on any atom is 0.339 e. The molecule has 1 aliphatic heterocycles. The van der Waals surface area contributed by atoms with Crippen LogP contribution in [0.2, 0.25) is 0 Å². The summed E-state index contributed by atoms with van der Waals surface area (Å²) in [6.07, 6.45) is 0.170. The fourth-order valence-corrected chi connectivity index (χ4v) is 3.53. The molecule has 1 aliphatic rings. The SMILES string of the molecule is COC(=O)c1ccc(N2CC(C)OC(c3ccsc3)C2)nc1C. The predicted molar refractivity (Wildman–Crippen MR) is 90.1 cm³/mol. The van der Waals surface area contributed by atoms with E-state index in [0.717, 1.165) is 18.9 Å². The van der Waals surface area contributed by atoms with Gasteiger partial charge in [-0.3, -0.25) is 0 Å². The smallest absolute Gasteiger partial charge is 0.339 e. The summed E-state index contributed by atoms with van der Waals surface area (Å²) in [6, 6.07) is 5.76. The molecule has 2 aromatic heterocycles. The lowest BCUT2D eigenvalue weighted by atomic mass is 10.1. The summed E-state index contributed by atoms with van der Waals surface area (Å²) in [5.74, 6) is 0.513. The number of anilines is 1. The second-order valence-corrected chi connectivity index (χ2v) is 6.47. The van der Waals surface area contributed by atoms with Crippen LogP contribution in [0.15, 0.2) is 29.0 Å². The van der Waals surface area contributed by atoms with Crippen LogP contribution in [0.1, 0.15) is 34.6 Å². The number of methoxy groups -OCH3 is 1. The van der Waals surface area contributed by atoms with Gasteiger partial charge in [0, 0.05) is 13.1 Å². The number of ether oxygens (including phenoxy) is 2. The van der Waals surface area contributed by atoms with Gasteiger partial charge in [0.1, 0.15) is 11.9 Å². The van der Waals surface area contributed by atoms with Gasteiger partial charge in [0.25, 0.3) is 0 Å². The maximum absolute atomic E-state index is 11.7. The van der Waals surface area contributed by atoms with E-state index in [2.05, 4.69) is 33.6 Å². The Morgan fingerprint density at radius 3 is 2.87 bits per heavy atom. The molecule has 0 saturated carbocycles. The molecule has 122 valence electrons. The zero-order valence-electron chi connectivity index (χ0n) is 13.5. The lowest BCUT2D eigenvalue weighted by molar-refractivity contribution is -0.0174. The molecular formula is C17H20N2O3S. The van der Waals surface area contributed by atoms with Crippen molar-refractivity contribution >= 4 is 23.1 Å². The molecule has 23 heavy (non-hydrogen) atoms. The minimum absolute atomic E-state index is 0.0485. The van der Waals surface area contributed by atoms with Gasteiger partial charge in [0.2, 0.25) is 0 Å². The fraction of sp³-hybridized carbons (Fsp3) is 0.412. The molecule has 2 aromatic rings. The first-order chi connectivity index (χ1) is 11.1. The average molecular weight is 332 g/mol. The summed E-state index contributed by atoms with van der Waals surface area (Å²) in [4.78, 5) is 18.5. The van der Waals surface area contributed by atoms with Gasteiger partial charge in [0.05, 0.1) is 24.5 Å². The molecule has 3 heterocycles. The van der Waals surface area contributed by atoms with Crippen molar-refractivity contribution in [3.8, 4) is 0 Å². The van der Waals surface area contributed by atoms with Gasteiger partial charge >= 0.3 is 5.97 Å². The van der Waals surface area contributed by atoms with Crippen molar-refractivity contribution in [2.45, 2.75) is 26.1 Å². The number of pyridine rings is 1. The molecule has 2 unspecified atom stereocenters. The Labute approximate surface area is 139 Å². The van der Waals surface area contributed by atoms with Crippen LogP contribution in [0.5, 0.6) is 0 Å². The van der Waals surface area contributed by atoms with Crippen molar-refractivity contribution in [3.05, 3.63) is 45.8 Å². The summed E-state index contributed by atoms with van der Waals surface area (Å²) in [5, 5.41) is 4.19. The van der Waals surface area contributed by atoms with Crippen molar-refractivity contribution in [2.75, 3.05) is 25.1 Å². The largest absolute Gasteiger partial charge is 0.465 e. The normalized spacial score (nSPS) is 21.3. The Kier molecular flexibility index (Phi) is 4.63. The summed E-state index contributed by atoms with van der Waals surface area (Å²) >= 11 is 1.68. The number of thiophene rings is 1. The number of morpholine rings is 1. The molecule has 0 amide bonds. The summed E-state index contributed by atoms with van der Waals surface area (Å²) in [6.45, 7) is 5.44. The third kappa shape index (κ3) is 3.38. The molecule has 2 atom stereocenters. The average Bonchev–Trinajstić information content (AvgIpc) is 3.08. The van der Waals surface area contributed by atoms with Crippen molar-refractivity contribution < 1.29 is 14.3 Å². The maximum atomic E-state index is 11.7. The van der Waals surface area contributed by atoms with E-state index in [1.54, 1.807) is 17.4 Å². The quantitative estimate of drug-likeness (QED) is 0.808. The van der Waals surface area contributed by atoms with E-state index in [4.69, 9.17) is 9.47 Å². The first-order valence-corrected chi connectivity index (χ1v) is 8.51. The number of hydrogen-bond acceptors (Lipinski definition) is 6. The van der Waals surface area contributed by atoms with E-state index in [9.17, 15) is 4.79 Å². The molecule has 0 N–H and O–H groups in total. The van der Waals surface area contributed by atoms with Crippen LogP contribution < -0.4 is 4.90 Å². The van der Waals surface area contributed by atoms with Gasteiger partial charge in [-0.15, -0.1) is 0 Å². The topological polar surface area (TPSA) is 51.7 Å². The molecule has 6 heteroatoms. The first kappa shape index (κ1) is 16.0. The van der Waals surface area contributed by atoms with Crippen LogP contribution in [0.3, 0.4) is 0 Å². The number of rotatable bonds is 3. The summed E-state index contributed by atoms with van der Waals surface area (Å²) < 4.78 is 10.8. The van der Waals surface area contributed by atoms with Crippen LogP contribution in [0, 0.1) is 6.92 Å². The molecular weight excluding hydrogens is 312 g/mol. The minimum Gasteiger partial charge on any atom is -0.465 e. The molecule has 5 nitrogen and oxygen atoms in total. The molecule has 0 radical (unpaired) electrons. The second-order valence-electron chi connectivity index (χ2n) is 5.69. The summed E-state index contributed by atoms with van der Waals surface area (Å²) in [5.41, 5.74) is 2.39. The van der Waals surface area contributed by atoms with Crippen LogP contribution in [-0.2, 0) is 9.47 Å². The highest BCUT2D eigenvalue weighted by atomic mass is 32.1. The van der Waals surface area contributed by atoms with Gasteiger partial charge < -0.3 is 14.4 Å². The third-order valence-corrected chi connectivity index (χ3v) is 4.68. The number of hydrogen-bond donors (Lipinski definition) is 0. The Morgan fingerprint density at radius 1 is 1.39 bits per heavy atom. The number of aromatic nitrogens is 1. The van der Waals surface area contributed by atoms with Gasteiger partial charge in [-0.25, -0.2) is 9.78 Å². The fourth-order valence-electron chi connectivity index (χ4n) is 2.83. The lowest BCUT2D eigenvalue weighted by Gasteiger charge is -2.37. The molecule has 1 saturated heterocycles. The predicted octanol–water partition coefficient (Wildman–Crippen LogP) is 3.20. The lowest BCUT2D eigenvalue weighted by Crippen LogP contribution is -2.43. The van der Waals surface area contributed by atoms with Crippen molar-refractivity contribution in [2.24, 2.45) is 0 Å². The number of esters is 1. The van der Waals surface area contributed by atoms with Gasteiger partial charge in [-0.1, -0.05) is 0 Å². The van der Waals surface area contributed by atoms with Crippen molar-refractivity contribution in [1.29, 1.82) is 0 Å². The molecule has 0 spiro atoms. The molecule has 0 bridgehead atoms. The van der Waals surface area contributed by atoms with E-state index >= 15 is 0 Å². The van der Waals surface area contributed by atoms with E-state index < -0.39 is 0 Å². The zero-order chi connectivity index (χ0) is 16.4. The highest BCUT2D eigenvalue weighted by Crippen LogP contribution is 2.29. The Hall–Kier alpha value is -1.92. The summed E-state index contributed by atoms with van der Waals surface area (Å²) in [7, 11) is 1.38.